The standard InChI is InChI=1S/C22H23N3O3/c1-15-6-7-19-17(10-15)11-18(21(26)24-19)14-25(13-16-4-2-8-23-12-16)22(27)20-5-3-9-28-20/h2,4,6-8,10-12,20H,3,5,9,13-14H2,1H3,(H,24,26)/t20-/m1/s1. The molecule has 3 heterocycles. The van der Waals surface area contributed by atoms with Gasteiger partial charge in [-0.1, -0.05) is 17.7 Å². The molecule has 1 aromatic carbocycles. The van der Waals surface area contributed by atoms with Crippen LogP contribution in [0.1, 0.15) is 29.5 Å². The van der Waals surface area contributed by atoms with Crippen LogP contribution in [0.2, 0.25) is 0 Å². The fourth-order valence-corrected chi connectivity index (χ4v) is 3.59. The van der Waals surface area contributed by atoms with Crippen LogP contribution in [0.5, 0.6) is 0 Å². The lowest BCUT2D eigenvalue weighted by molar-refractivity contribution is -0.142. The highest BCUT2D eigenvalue weighted by molar-refractivity contribution is 5.82. The van der Waals surface area contributed by atoms with E-state index in [1.165, 1.54) is 0 Å². The summed E-state index contributed by atoms with van der Waals surface area (Å²) in [6, 6.07) is 11.5. The minimum atomic E-state index is -0.432. The van der Waals surface area contributed by atoms with E-state index in [9.17, 15) is 9.59 Å². The summed E-state index contributed by atoms with van der Waals surface area (Å²) in [5.41, 5.74) is 3.22. The Balaban J connectivity index is 1.66. The largest absolute Gasteiger partial charge is 0.368 e. The van der Waals surface area contributed by atoms with Crippen LogP contribution in [0.4, 0.5) is 0 Å². The number of aryl methyl sites for hydroxylation is 1. The SMILES string of the molecule is Cc1ccc2[nH]c(=O)c(CN(Cc3cccnc3)C(=O)[C@H]3CCCO3)cc2c1. The molecule has 1 saturated heterocycles. The van der Waals surface area contributed by atoms with Gasteiger partial charge < -0.3 is 14.6 Å². The lowest BCUT2D eigenvalue weighted by atomic mass is 10.1. The second-order valence-electron chi connectivity index (χ2n) is 7.27. The fraction of sp³-hybridized carbons (Fsp3) is 0.318. The van der Waals surface area contributed by atoms with Gasteiger partial charge in [0.15, 0.2) is 0 Å². The molecule has 0 bridgehead atoms. The molecule has 1 amide bonds. The highest BCUT2D eigenvalue weighted by Gasteiger charge is 2.29. The van der Waals surface area contributed by atoms with Crippen LogP contribution >= 0.6 is 0 Å². The molecule has 28 heavy (non-hydrogen) atoms. The summed E-state index contributed by atoms with van der Waals surface area (Å²) in [6.45, 7) is 3.23. The Labute approximate surface area is 163 Å². The van der Waals surface area contributed by atoms with Gasteiger partial charge in [0.2, 0.25) is 0 Å². The molecule has 6 nitrogen and oxygen atoms in total. The molecule has 2 aromatic heterocycles. The van der Waals surface area contributed by atoms with Gasteiger partial charge in [-0.2, -0.15) is 0 Å². The van der Waals surface area contributed by atoms with Gasteiger partial charge >= 0.3 is 0 Å². The van der Waals surface area contributed by atoms with Crippen LogP contribution in [0.15, 0.2) is 53.6 Å². The first-order chi connectivity index (χ1) is 13.6. The van der Waals surface area contributed by atoms with Gasteiger partial charge in [-0.15, -0.1) is 0 Å². The van der Waals surface area contributed by atoms with E-state index in [0.717, 1.165) is 34.9 Å². The van der Waals surface area contributed by atoms with Crippen LogP contribution in [-0.2, 0) is 22.6 Å². The van der Waals surface area contributed by atoms with Crippen molar-refractivity contribution in [3.63, 3.8) is 0 Å². The molecule has 1 N–H and O–H groups in total. The molecule has 1 aliphatic heterocycles. The van der Waals surface area contributed by atoms with Crippen molar-refractivity contribution in [3.05, 3.63) is 75.8 Å². The lowest BCUT2D eigenvalue weighted by Gasteiger charge is -2.25. The van der Waals surface area contributed by atoms with Gasteiger partial charge in [0, 0.05) is 36.6 Å². The molecule has 0 unspecified atom stereocenters. The van der Waals surface area contributed by atoms with Crippen LogP contribution in [-0.4, -0.2) is 33.5 Å². The molecule has 144 valence electrons. The van der Waals surface area contributed by atoms with Crippen molar-refractivity contribution in [3.8, 4) is 0 Å². The Bertz CT molecular complexity index is 1040. The monoisotopic (exact) mass is 377 g/mol. The average Bonchev–Trinajstić information content (AvgIpc) is 3.23. The van der Waals surface area contributed by atoms with Crippen molar-refractivity contribution in [1.82, 2.24) is 14.9 Å². The first-order valence-corrected chi connectivity index (χ1v) is 9.52. The zero-order chi connectivity index (χ0) is 19.5. The second-order valence-corrected chi connectivity index (χ2v) is 7.27. The van der Waals surface area contributed by atoms with Crippen molar-refractivity contribution in [2.24, 2.45) is 0 Å². The van der Waals surface area contributed by atoms with Gasteiger partial charge in [-0.3, -0.25) is 14.6 Å². The molecule has 1 atom stereocenters. The number of benzene rings is 1. The molecule has 0 radical (unpaired) electrons. The Morgan fingerprint density at radius 3 is 2.93 bits per heavy atom. The number of hydrogen-bond acceptors (Lipinski definition) is 4. The molecule has 0 spiro atoms. The Morgan fingerprint density at radius 2 is 2.18 bits per heavy atom. The Morgan fingerprint density at radius 1 is 1.29 bits per heavy atom. The number of pyridine rings is 2. The minimum absolute atomic E-state index is 0.0786. The predicted molar refractivity (Wildman–Crippen MR) is 107 cm³/mol. The maximum Gasteiger partial charge on any atom is 0.253 e. The van der Waals surface area contributed by atoms with Crippen molar-refractivity contribution in [2.45, 2.75) is 39.0 Å². The highest BCUT2D eigenvalue weighted by Crippen LogP contribution is 2.19. The molecular formula is C22H23N3O3. The molecule has 4 rings (SSSR count). The summed E-state index contributed by atoms with van der Waals surface area (Å²) >= 11 is 0. The van der Waals surface area contributed by atoms with Crippen molar-refractivity contribution in [2.75, 3.05) is 6.61 Å². The summed E-state index contributed by atoms with van der Waals surface area (Å²) in [7, 11) is 0. The third-order valence-corrected chi connectivity index (χ3v) is 5.05. The number of aromatic amines is 1. The summed E-state index contributed by atoms with van der Waals surface area (Å²) in [4.78, 5) is 34.4. The number of rotatable bonds is 5. The maximum absolute atomic E-state index is 13.1. The van der Waals surface area contributed by atoms with Gasteiger partial charge in [0.25, 0.3) is 11.5 Å². The first kappa shape index (κ1) is 18.4. The third kappa shape index (κ3) is 3.97. The van der Waals surface area contributed by atoms with Crippen molar-refractivity contribution < 1.29 is 9.53 Å². The van der Waals surface area contributed by atoms with E-state index in [2.05, 4.69) is 9.97 Å². The van der Waals surface area contributed by atoms with Crippen molar-refractivity contribution >= 4 is 16.8 Å². The van der Waals surface area contributed by atoms with E-state index in [1.54, 1.807) is 17.3 Å². The van der Waals surface area contributed by atoms with E-state index >= 15 is 0 Å². The van der Waals surface area contributed by atoms with E-state index in [4.69, 9.17) is 4.74 Å². The summed E-state index contributed by atoms with van der Waals surface area (Å²) in [5, 5.41) is 0.959. The summed E-state index contributed by atoms with van der Waals surface area (Å²) < 4.78 is 5.59. The van der Waals surface area contributed by atoms with Gasteiger partial charge in [-0.05, 0) is 55.0 Å². The molecule has 6 heteroatoms. The predicted octanol–water partition coefficient (Wildman–Crippen LogP) is 2.94. The Hall–Kier alpha value is -2.99. The molecule has 0 saturated carbocycles. The average molecular weight is 377 g/mol. The summed E-state index contributed by atoms with van der Waals surface area (Å²) in [5.74, 6) is -0.0786. The van der Waals surface area contributed by atoms with Crippen LogP contribution in [0.3, 0.4) is 0 Å². The molecular weight excluding hydrogens is 354 g/mol. The third-order valence-electron chi connectivity index (χ3n) is 5.05. The first-order valence-electron chi connectivity index (χ1n) is 9.52. The van der Waals surface area contributed by atoms with Gasteiger partial charge in [0.05, 0.1) is 6.54 Å². The zero-order valence-electron chi connectivity index (χ0n) is 15.9. The topological polar surface area (TPSA) is 75.3 Å². The van der Waals surface area contributed by atoms with Gasteiger partial charge in [-0.25, -0.2) is 0 Å². The molecule has 3 aromatic rings. The quantitative estimate of drug-likeness (QED) is 0.742. The Kier molecular flexibility index (Phi) is 5.21. The van der Waals surface area contributed by atoms with Crippen molar-refractivity contribution in [1.29, 1.82) is 0 Å². The molecule has 0 aliphatic carbocycles. The van der Waals surface area contributed by atoms with E-state index in [-0.39, 0.29) is 18.0 Å². The number of nitrogens with zero attached hydrogens (tertiary/aromatic N) is 2. The number of carbonyl (C=O) groups is 1. The van der Waals surface area contributed by atoms with Crippen LogP contribution in [0.25, 0.3) is 10.9 Å². The maximum atomic E-state index is 13.1. The van der Waals surface area contributed by atoms with E-state index in [0.29, 0.717) is 18.7 Å². The molecule has 1 fully saturated rings. The number of ether oxygens (including phenoxy) is 1. The number of fused-ring (bicyclic) bond motifs is 1. The summed E-state index contributed by atoms with van der Waals surface area (Å²) in [6.07, 6.45) is 4.61. The van der Waals surface area contributed by atoms with E-state index in [1.807, 2.05) is 43.3 Å². The number of H-pyrrole nitrogens is 1. The second kappa shape index (κ2) is 7.94. The number of nitrogens with one attached hydrogen (secondary N) is 1. The smallest absolute Gasteiger partial charge is 0.253 e. The normalized spacial score (nSPS) is 16.4. The number of aromatic nitrogens is 2. The number of hydrogen-bond donors (Lipinski definition) is 1. The van der Waals surface area contributed by atoms with E-state index < -0.39 is 6.10 Å². The fourth-order valence-electron chi connectivity index (χ4n) is 3.59. The highest BCUT2D eigenvalue weighted by atomic mass is 16.5. The van der Waals surface area contributed by atoms with Crippen LogP contribution in [0, 0.1) is 6.92 Å². The minimum Gasteiger partial charge on any atom is -0.368 e. The molecule has 1 aliphatic rings. The zero-order valence-corrected chi connectivity index (χ0v) is 15.9. The van der Waals surface area contributed by atoms with Gasteiger partial charge in [0.1, 0.15) is 6.10 Å². The van der Waals surface area contributed by atoms with Crippen LogP contribution < -0.4 is 5.56 Å². The number of carbonyl (C=O) groups excluding carboxylic acids is 1. The lowest BCUT2D eigenvalue weighted by Crippen LogP contribution is -2.39. The number of amides is 1.